The van der Waals surface area contributed by atoms with Gasteiger partial charge in [-0.05, 0) is 25.5 Å². The lowest BCUT2D eigenvalue weighted by molar-refractivity contribution is 1.10. The van der Waals surface area contributed by atoms with Gasteiger partial charge in [-0.2, -0.15) is 0 Å². The Hall–Kier alpha value is -0.960. The number of hydrogen-bond acceptors (Lipinski definition) is 3. The molecule has 0 bridgehead atoms. The number of pyridine rings is 1. The van der Waals surface area contributed by atoms with E-state index in [2.05, 4.69) is 11.6 Å². The maximum Gasteiger partial charge on any atom is 0.119 e. The zero-order valence-electron chi connectivity index (χ0n) is 7.79. The second kappa shape index (κ2) is 4.92. The Balaban J connectivity index is 2.45. The highest BCUT2D eigenvalue weighted by Crippen LogP contribution is 2.22. The van der Waals surface area contributed by atoms with E-state index < -0.39 is 0 Å². The van der Waals surface area contributed by atoms with Crippen molar-refractivity contribution >= 4 is 17.4 Å². The summed E-state index contributed by atoms with van der Waals surface area (Å²) in [5.74, 6) is 0.997. The van der Waals surface area contributed by atoms with Crippen LogP contribution in [0.5, 0.6) is 0 Å². The normalized spacial score (nSPS) is 9.92. The first-order chi connectivity index (χ1) is 6.20. The summed E-state index contributed by atoms with van der Waals surface area (Å²) in [4.78, 5) is 4.18. The highest BCUT2D eigenvalue weighted by atomic mass is 32.2. The van der Waals surface area contributed by atoms with Crippen molar-refractivity contribution in [3.8, 4) is 0 Å². The van der Waals surface area contributed by atoms with Crippen molar-refractivity contribution in [1.82, 2.24) is 4.98 Å². The van der Waals surface area contributed by atoms with Gasteiger partial charge in [0.25, 0.3) is 0 Å². The highest BCUT2D eigenvalue weighted by molar-refractivity contribution is 7.99. The molecule has 0 unspecified atom stereocenters. The number of nitrogens with two attached hydrogens (primary N) is 1. The molecular formula is C10H14N2S. The molecule has 0 aromatic carbocycles. The van der Waals surface area contributed by atoms with Crippen LogP contribution in [0.15, 0.2) is 35.5 Å². The van der Waals surface area contributed by atoms with Gasteiger partial charge in [0.05, 0.1) is 5.69 Å². The molecular weight excluding hydrogens is 180 g/mol. The van der Waals surface area contributed by atoms with E-state index in [0.29, 0.717) is 0 Å². The van der Waals surface area contributed by atoms with E-state index in [1.807, 2.05) is 19.1 Å². The lowest BCUT2D eigenvalue weighted by Gasteiger charge is -2.02. The molecule has 2 N–H and O–H groups in total. The van der Waals surface area contributed by atoms with Crippen LogP contribution < -0.4 is 5.73 Å². The molecule has 1 aromatic rings. The maximum atomic E-state index is 5.73. The second-order valence-corrected chi connectivity index (χ2v) is 4.04. The molecule has 0 radical (unpaired) electrons. The van der Waals surface area contributed by atoms with Crippen molar-refractivity contribution in [2.45, 2.75) is 18.4 Å². The van der Waals surface area contributed by atoms with Crippen molar-refractivity contribution in [2.75, 3.05) is 11.5 Å². The molecule has 0 aliphatic rings. The molecule has 0 atom stereocenters. The van der Waals surface area contributed by atoms with Crippen molar-refractivity contribution in [3.05, 3.63) is 30.5 Å². The van der Waals surface area contributed by atoms with E-state index in [1.54, 1.807) is 18.0 Å². The van der Waals surface area contributed by atoms with Crippen LogP contribution in [-0.4, -0.2) is 10.7 Å². The Labute approximate surface area is 83.2 Å². The third-order valence-electron chi connectivity index (χ3n) is 1.57. The van der Waals surface area contributed by atoms with Crippen LogP contribution in [-0.2, 0) is 0 Å². The SMILES string of the molecule is C=C(C)CCSc1ncccc1N. The molecule has 0 aliphatic carbocycles. The molecule has 0 fully saturated rings. The molecule has 2 nitrogen and oxygen atoms in total. The van der Waals surface area contributed by atoms with E-state index in [0.717, 1.165) is 22.9 Å². The van der Waals surface area contributed by atoms with Crippen LogP contribution in [0.3, 0.4) is 0 Å². The summed E-state index contributed by atoms with van der Waals surface area (Å²) in [6, 6.07) is 3.72. The first kappa shape index (κ1) is 10.1. The summed E-state index contributed by atoms with van der Waals surface area (Å²) in [7, 11) is 0. The second-order valence-electron chi connectivity index (χ2n) is 2.95. The highest BCUT2D eigenvalue weighted by Gasteiger charge is 1.99. The fourth-order valence-corrected chi connectivity index (χ4v) is 1.86. The first-order valence-corrected chi connectivity index (χ1v) is 5.16. The average Bonchev–Trinajstić information content (AvgIpc) is 2.08. The van der Waals surface area contributed by atoms with Gasteiger partial charge in [-0.3, -0.25) is 0 Å². The van der Waals surface area contributed by atoms with Crippen molar-refractivity contribution < 1.29 is 0 Å². The van der Waals surface area contributed by atoms with E-state index >= 15 is 0 Å². The van der Waals surface area contributed by atoms with Crippen LogP contribution in [0.4, 0.5) is 5.69 Å². The Morgan fingerprint density at radius 1 is 1.69 bits per heavy atom. The van der Waals surface area contributed by atoms with Gasteiger partial charge in [-0.1, -0.05) is 5.57 Å². The number of hydrogen-bond donors (Lipinski definition) is 1. The number of nitrogens with zero attached hydrogens (tertiary/aromatic N) is 1. The van der Waals surface area contributed by atoms with Crippen molar-refractivity contribution in [3.63, 3.8) is 0 Å². The minimum absolute atomic E-state index is 0.759. The van der Waals surface area contributed by atoms with Crippen LogP contribution in [0.1, 0.15) is 13.3 Å². The summed E-state index contributed by atoms with van der Waals surface area (Å²) in [5, 5.41) is 0.920. The summed E-state index contributed by atoms with van der Waals surface area (Å²) in [6.07, 6.45) is 2.78. The molecule has 13 heavy (non-hydrogen) atoms. The fraction of sp³-hybridized carbons (Fsp3) is 0.300. The molecule has 70 valence electrons. The van der Waals surface area contributed by atoms with Crippen LogP contribution in [0.25, 0.3) is 0 Å². The number of aromatic nitrogens is 1. The summed E-state index contributed by atoms with van der Waals surface area (Å²) in [5.41, 5.74) is 7.69. The third kappa shape index (κ3) is 3.51. The minimum atomic E-state index is 0.759. The van der Waals surface area contributed by atoms with Gasteiger partial charge in [-0.25, -0.2) is 4.98 Å². The fourth-order valence-electron chi connectivity index (χ4n) is 0.846. The number of thioether (sulfide) groups is 1. The summed E-state index contributed by atoms with van der Waals surface area (Å²) >= 11 is 1.68. The topological polar surface area (TPSA) is 38.9 Å². The monoisotopic (exact) mass is 194 g/mol. The zero-order valence-corrected chi connectivity index (χ0v) is 8.60. The minimum Gasteiger partial charge on any atom is -0.397 e. The van der Waals surface area contributed by atoms with E-state index in [4.69, 9.17) is 5.73 Å². The number of rotatable bonds is 4. The Kier molecular flexibility index (Phi) is 3.83. The van der Waals surface area contributed by atoms with Crippen LogP contribution >= 0.6 is 11.8 Å². The predicted octanol–water partition coefficient (Wildman–Crippen LogP) is 2.72. The molecule has 0 amide bonds. The predicted molar refractivity (Wildman–Crippen MR) is 58.8 cm³/mol. The van der Waals surface area contributed by atoms with Crippen molar-refractivity contribution in [1.29, 1.82) is 0 Å². The van der Waals surface area contributed by atoms with E-state index in [-0.39, 0.29) is 0 Å². The molecule has 1 aromatic heterocycles. The smallest absolute Gasteiger partial charge is 0.119 e. The number of nitrogen functional groups attached to an aromatic ring is 1. The van der Waals surface area contributed by atoms with Gasteiger partial charge in [0.15, 0.2) is 0 Å². The molecule has 0 spiro atoms. The summed E-state index contributed by atoms with van der Waals surface area (Å²) in [6.45, 7) is 5.87. The average molecular weight is 194 g/mol. The largest absolute Gasteiger partial charge is 0.397 e. The number of allylic oxidation sites excluding steroid dienone is 1. The van der Waals surface area contributed by atoms with Crippen molar-refractivity contribution in [2.24, 2.45) is 0 Å². The molecule has 0 aliphatic heterocycles. The van der Waals surface area contributed by atoms with Crippen LogP contribution in [0, 0.1) is 0 Å². The first-order valence-electron chi connectivity index (χ1n) is 4.18. The van der Waals surface area contributed by atoms with Gasteiger partial charge >= 0.3 is 0 Å². The van der Waals surface area contributed by atoms with Gasteiger partial charge in [0.1, 0.15) is 5.03 Å². The quantitative estimate of drug-likeness (QED) is 0.591. The lowest BCUT2D eigenvalue weighted by atomic mass is 10.3. The van der Waals surface area contributed by atoms with Gasteiger partial charge in [0.2, 0.25) is 0 Å². The van der Waals surface area contributed by atoms with Crippen LogP contribution in [0.2, 0.25) is 0 Å². The van der Waals surface area contributed by atoms with E-state index in [9.17, 15) is 0 Å². The van der Waals surface area contributed by atoms with Gasteiger partial charge < -0.3 is 5.73 Å². The molecule has 1 rings (SSSR count). The third-order valence-corrected chi connectivity index (χ3v) is 2.59. The van der Waals surface area contributed by atoms with Gasteiger partial charge in [0, 0.05) is 11.9 Å². The zero-order chi connectivity index (χ0) is 9.68. The molecule has 1 heterocycles. The Morgan fingerprint density at radius 2 is 2.46 bits per heavy atom. The Bertz CT molecular complexity index is 297. The molecule has 0 saturated carbocycles. The molecule has 0 saturated heterocycles. The number of anilines is 1. The maximum absolute atomic E-state index is 5.73. The van der Waals surface area contributed by atoms with Gasteiger partial charge in [-0.15, -0.1) is 18.3 Å². The Morgan fingerprint density at radius 3 is 3.08 bits per heavy atom. The lowest BCUT2D eigenvalue weighted by Crippen LogP contribution is -1.91. The molecule has 3 heteroatoms. The van der Waals surface area contributed by atoms with E-state index in [1.165, 1.54) is 5.57 Å². The standard InChI is InChI=1S/C10H14N2S/c1-8(2)5-7-13-10-9(11)4-3-6-12-10/h3-4,6H,1,5,7,11H2,2H3. The summed E-state index contributed by atoms with van der Waals surface area (Å²) < 4.78 is 0.